The predicted octanol–water partition coefficient (Wildman–Crippen LogP) is 2.58. The molecule has 0 saturated carbocycles. The van der Waals surface area contributed by atoms with Crippen LogP contribution in [0.4, 0.5) is 4.79 Å². The van der Waals surface area contributed by atoms with Gasteiger partial charge in [0.25, 0.3) is 0 Å². The quantitative estimate of drug-likeness (QED) is 0.609. The Bertz CT molecular complexity index is 908. The van der Waals surface area contributed by atoms with E-state index in [1.165, 1.54) is 11.1 Å². The van der Waals surface area contributed by atoms with Crippen LogP contribution in [0.2, 0.25) is 5.02 Å². The molecule has 0 fully saturated rings. The number of hydrogen-bond donors (Lipinski definition) is 3. The fourth-order valence-corrected chi connectivity index (χ4v) is 3.37. The van der Waals surface area contributed by atoms with Crippen LogP contribution in [0.3, 0.4) is 0 Å². The van der Waals surface area contributed by atoms with Gasteiger partial charge in [-0.15, -0.1) is 0 Å². The number of benzene rings is 2. The van der Waals surface area contributed by atoms with E-state index in [4.69, 9.17) is 16.3 Å². The number of esters is 1. The largest absolute Gasteiger partial charge is 0.463 e. The van der Waals surface area contributed by atoms with Crippen molar-refractivity contribution in [3.8, 4) is 0 Å². The van der Waals surface area contributed by atoms with Crippen LogP contribution in [0.15, 0.2) is 59.8 Å². The Balaban J connectivity index is 1.85. The number of aryl methyl sites for hydroxylation is 1. The van der Waals surface area contributed by atoms with E-state index in [0.717, 1.165) is 12.1 Å². The molecule has 0 spiro atoms. The Kier molecular flexibility index (Phi) is 6.90. The Morgan fingerprint density at radius 1 is 1.10 bits per heavy atom. The maximum atomic E-state index is 12.7. The molecule has 4 N–H and O–H groups in total. The van der Waals surface area contributed by atoms with Gasteiger partial charge in [-0.05, 0) is 31.5 Å². The summed E-state index contributed by atoms with van der Waals surface area (Å²) in [5.41, 5.74) is 4.11. The van der Waals surface area contributed by atoms with Gasteiger partial charge in [-0.2, -0.15) is 0 Å². The van der Waals surface area contributed by atoms with Gasteiger partial charge in [-0.25, -0.2) is 9.59 Å². The number of amides is 2. The highest BCUT2D eigenvalue weighted by molar-refractivity contribution is 6.30. The van der Waals surface area contributed by atoms with Crippen LogP contribution >= 0.6 is 11.6 Å². The molecule has 0 aliphatic carbocycles. The van der Waals surface area contributed by atoms with Gasteiger partial charge in [0, 0.05) is 10.6 Å². The van der Waals surface area contributed by atoms with Crippen LogP contribution in [0, 0.1) is 6.92 Å². The maximum absolute atomic E-state index is 12.7. The van der Waals surface area contributed by atoms with Crippen molar-refractivity contribution in [2.45, 2.75) is 26.4 Å². The third-order valence-electron chi connectivity index (χ3n) is 4.70. The first kappa shape index (κ1) is 20.9. The summed E-state index contributed by atoms with van der Waals surface area (Å²) in [5, 5.41) is 8.23. The van der Waals surface area contributed by atoms with Gasteiger partial charge in [0.2, 0.25) is 0 Å². The second-order valence-corrected chi connectivity index (χ2v) is 7.31. The minimum atomic E-state index is -0.595. The number of ether oxygens (including phenoxy) is 1. The molecule has 2 aromatic carbocycles. The topological polar surface area (TPSA) is 84.0 Å². The van der Waals surface area contributed by atoms with E-state index in [0.29, 0.717) is 22.8 Å². The Hall–Kier alpha value is -2.83. The number of urea groups is 1. The fraction of sp³-hybridized carbons (Fsp3) is 0.273. The first-order valence-electron chi connectivity index (χ1n) is 9.58. The smallest absolute Gasteiger partial charge is 0.338 e. The molecule has 0 bridgehead atoms. The van der Waals surface area contributed by atoms with Crippen LogP contribution in [-0.2, 0) is 16.1 Å². The van der Waals surface area contributed by atoms with E-state index < -0.39 is 12.0 Å². The number of quaternary nitrogens is 1. The van der Waals surface area contributed by atoms with Gasteiger partial charge in [0.15, 0.2) is 0 Å². The second kappa shape index (κ2) is 9.58. The number of nitrogens with two attached hydrogens (primary N) is 1. The number of halogens is 1. The molecule has 2 amide bonds. The highest BCUT2D eigenvalue weighted by Gasteiger charge is 2.34. The summed E-state index contributed by atoms with van der Waals surface area (Å²) in [6, 6.07) is 14.4. The molecule has 1 aliphatic rings. The van der Waals surface area contributed by atoms with Crippen molar-refractivity contribution in [1.29, 1.82) is 0 Å². The van der Waals surface area contributed by atoms with Crippen LogP contribution in [0.5, 0.6) is 0 Å². The maximum Gasteiger partial charge on any atom is 0.338 e. The molecular formula is C22H25ClN3O3+. The van der Waals surface area contributed by atoms with Gasteiger partial charge in [0.05, 0.1) is 23.9 Å². The van der Waals surface area contributed by atoms with Gasteiger partial charge < -0.3 is 20.7 Å². The Labute approximate surface area is 175 Å². The third-order valence-corrected chi connectivity index (χ3v) is 4.95. The zero-order chi connectivity index (χ0) is 20.8. The number of hydrogen-bond acceptors (Lipinski definition) is 3. The number of nitrogens with one attached hydrogen (secondary N) is 2. The fourth-order valence-electron chi connectivity index (χ4n) is 3.24. The van der Waals surface area contributed by atoms with Gasteiger partial charge in [-0.3, -0.25) is 0 Å². The molecular weight excluding hydrogens is 390 g/mol. The lowest BCUT2D eigenvalue weighted by atomic mass is 9.95. The lowest BCUT2D eigenvalue weighted by molar-refractivity contribution is -0.664. The zero-order valence-electron chi connectivity index (χ0n) is 16.5. The van der Waals surface area contributed by atoms with E-state index in [-0.39, 0.29) is 12.6 Å². The van der Waals surface area contributed by atoms with E-state index in [1.54, 1.807) is 31.2 Å². The highest BCUT2D eigenvalue weighted by atomic mass is 35.5. The van der Waals surface area contributed by atoms with Crippen LogP contribution in [-0.4, -0.2) is 25.2 Å². The third kappa shape index (κ3) is 5.37. The predicted molar refractivity (Wildman–Crippen MR) is 111 cm³/mol. The first-order chi connectivity index (χ1) is 14.0. The number of rotatable bonds is 7. The van der Waals surface area contributed by atoms with E-state index in [2.05, 4.69) is 34.9 Å². The number of carbonyl (C=O) groups excluding carboxylic acids is 2. The van der Waals surface area contributed by atoms with Crippen LogP contribution in [0.25, 0.3) is 0 Å². The molecule has 152 valence electrons. The molecule has 29 heavy (non-hydrogen) atoms. The standard InChI is InChI=1S/C22H24ClN3O3/c1-3-29-21(27)19-18(13-24-12-15-6-4-14(2)5-7-15)25-22(28)26-20(19)16-8-10-17(23)11-9-16/h4-11,20,24H,3,12-13H2,1-2H3,(H2,25,26,28)/p+1/t20-/m0/s1. The van der Waals surface area contributed by atoms with Crippen molar-refractivity contribution >= 4 is 23.6 Å². The summed E-state index contributed by atoms with van der Waals surface area (Å²) in [6.07, 6.45) is 0. The molecule has 6 nitrogen and oxygen atoms in total. The molecule has 7 heteroatoms. The lowest BCUT2D eigenvalue weighted by Gasteiger charge is -2.28. The molecule has 0 radical (unpaired) electrons. The molecule has 3 rings (SSSR count). The lowest BCUT2D eigenvalue weighted by Crippen LogP contribution is -2.84. The van der Waals surface area contributed by atoms with E-state index in [9.17, 15) is 9.59 Å². The molecule has 0 aromatic heterocycles. The van der Waals surface area contributed by atoms with Gasteiger partial charge in [0.1, 0.15) is 13.1 Å². The molecule has 2 aromatic rings. The molecule has 1 atom stereocenters. The normalized spacial score (nSPS) is 16.2. The molecule has 1 heterocycles. The Morgan fingerprint density at radius 2 is 1.79 bits per heavy atom. The summed E-state index contributed by atoms with van der Waals surface area (Å²) in [6.45, 7) is 5.23. The SMILES string of the molecule is CCOC(=O)C1=C(C[NH2+]Cc2ccc(C)cc2)NC(=O)N[C@H]1c1ccc(Cl)cc1. The van der Waals surface area contributed by atoms with Crippen molar-refractivity contribution in [3.63, 3.8) is 0 Å². The highest BCUT2D eigenvalue weighted by Crippen LogP contribution is 2.28. The summed E-state index contributed by atoms with van der Waals surface area (Å²) in [4.78, 5) is 25.0. The van der Waals surface area contributed by atoms with Crippen molar-refractivity contribution in [2.24, 2.45) is 0 Å². The van der Waals surface area contributed by atoms with Gasteiger partial charge in [-0.1, -0.05) is 53.6 Å². The molecule has 0 saturated heterocycles. The molecule has 0 unspecified atom stereocenters. The molecule has 1 aliphatic heterocycles. The summed E-state index contributed by atoms with van der Waals surface area (Å²) < 4.78 is 5.27. The van der Waals surface area contributed by atoms with Crippen molar-refractivity contribution < 1.29 is 19.6 Å². The monoisotopic (exact) mass is 414 g/mol. The van der Waals surface area contributed by atoms with Gasteiger partial charge >= 0.3 is 12.0 Å². The van der Waals surface area contributed by atoms with Crippen LogP contribution in [0.1, 0.15) is 29.7 Å². The minimum absolute atomic E-state index is 0.254. The summed E-state index contributed by atoms with van der Waals surface area (Å²) in [7, 11) is 0. The second-order valence-electron chi connectivity index (χ2n) is 6.88. The Morgan fingerprint density at radius 3 is 2.45 bits per heavy atom. The van der Waals surface area contributed by atoms with E-state index in [1.807, 2.05) is 12.2 Å². The average Bonchev–Trinajstić information content (AvgIpc) is 2.70. The van der Waals surface area contributed by atoms with Crippen molar-refractivity contribution in [1.82, 2.24) is 10.6 Å². The van der Waals surface area contributed by atoms with Crippen molar-refractivity contribution in [3.05, 3.63) is 81.5 Å². The first-order valence-corrected chi connectivity index (χ1v) is 9.96. The average molecular weight is 415 g/mol. The van der Waals surface area contributed by atoms with E-state index >= 15 is 0 Å². The van der Waals surface area contributed by atoms with Crippen molar-refractivity contribution in [2.75, 3.05) is 13.2 Å². The summed E-state index contributed by atoms with van der Waals surface area (Å²) in [5.74, 6) is -0.446. The van der Waals surface area contributed by atoms with Crippen LogP contribution < -0.4 is 16.0 Å². The number of carbonyl (C=O) groups is 2. The minimum Gasteiger partial charge on any atom is -0.463 e. The summed E-state index contributed by atoms with van der Waals surface area (Å²) >= 11 is 5.98. The zero-order valence-corrected chi connectivity index (χ0v) is 17.3.